The molecule has 0 aliphatic heterocycles. The molecule has 6 heteroatoms. The van der Waals surface area contributed by atoms with Crippen LogP contribution in [0, 0.1) is 0 Å². The molecule has 0 saturated heterocycles. The van der Waals surface area contributed by atoms with Crippen LogP contribution in [0.3, 0.4) is 0 Å². The first-order valence-corrected chi connectivity index (χ1v) is 4.12. The van der Waals surface area contributed by atoms with Crippen molar-refractivity contribution in [3.05, 3.63) is 12.4 Å². The molecule has 1 N–H and O–H groups in total. The summed E-state index contributed by atoms with van der Waals surface area (Å²) in [6, 6.07) is 0. The van der Waals surface area contributed by atoms with E-state index in [0.717, 1.165) is 6.42 Å². The normalized spacial score (nSPS) is 11.0. The molecule has 0 saturated carbocycles. The molecule has 0 atom stereocenters. The second-order valence-corrected chi connectivity index (χ2v) is 2.61. The van der Waals surface area contributed by atoms with Gasteiger partial charge in [-0.3, -0.25) is 4.68 Å². The van der Waals surface area contributed by atoms with E-state index >= 15 is 0 Å². The molecular formula is C7H12F2N4. The summed E-state index contributed by atoms with van der Waals surface area (Å²) in [6.07, 6.45) is 1.84. The molecule has 0 aliphatic rings. The average Bonchev–Trinajstić information content (AvgIpc) is 2.55. The first kappa shape index (κ1) is 10.0. The Morgan fingerprint density at radius 3 is 2.92 bits per heavy atom. The van der Waals surface area contributed by atoms with Gasteiger partial charge in [0.15, 0.2) is 0 Å². The van der Waals surface area contributed by atoms with Gasteiger partial charge in [0.1, 0.15) is 0 Å². The predicted octanol–water partition coefficient (Wildman–Crippen LogP) is 0.523. The van der Waals surface area contributed by atoms with E-state index in [4.69, 9.17) is 0 Å². The number of nitrogens with zero attached hydrogens (tertiary/aromatic N) is 3. The van der Waals surface area contributed by atoms with E-state index in [-0.39, 0.29) is 6.54 Å². The lowest BCUT2D eigenvalue weighted by Crippen LogP contribution is -2.23. The van der Waals surface area contributed by atoms with Gasteiger partial charge in [0.2, 0.25) is 0 Å². The fraction of sp³-hybridized carbons (Fsp3) is 0.714. The van der Waals surface area contributed by atoms with Crippen LogP contribution in [0.5, 0.6) is 0 Å². The number of aryl methyl sites for hydroxylation is 1. The van der Waals surface area contributed by atoms with Gasteiger partial charge >= 0.3 is 0 Å². The first-order chi connectivity index (χ1) is 6.29. The maximum atomic E-state index is 11.6. The molecule has 4 nitrogen and oxygen atoms in total. The van der Waals surface area contributed by atoms with E-state index < -0.39 is 6.43 Å². The van der Waals surface area contributed by atoms with Crippen LogP contribution in [0.15, 0.2) is 12.4 Å². The Bertz CT molecular complexity index is 212. The Balaban J connectivity index is 1.96. The SMILES string of the molecule is FC(F)CNCCCn1ccnn1. The number of hydrogen-bond acceptors (Lipinski definition) is 3. The van der Waals surface area contributed by atoms with Crippen molar-refractivity contribution in [3.8, 4) is 0 Å². The van der Waals surface area contributed by atoms with E-state index in [0.29, 0.717) is 13.1 Å². The van der Waals surface area contributed by atoms with Crippen molar-refractivity contribution in [2.75, 3.05) is 13.1 Å². The number of halogens is 2. The number of rotatable bonds is 6. The fourth-order valence-corrected chi connectivity index (χ4v) is 0.929. The van der Waals surface area contributed by atoms with Crippen LogP contribution in [0.2, 0.25) is 0 Å². The molecule has 1 aromatic heterocycles. The Morgan fingerprint density at radius 2 is 2.31 bits per heavy atom. The van der Waals surface area contributed by atoms with Gasteiger partial charge in [-0.05, 0) is 13.0 Å². The van der Waals surface area contributed by atoms with Gasteiger partial charge in [-0.25, -0.2) is 8.78 Å². The topological polar surface area (TPSA) is 42.7 Å². The highest BCUT2D eigenvalue weighted by Crippen LogP contribution is 1.89. The molecule has 0 amide bonds. The van der Waals surface area contributed by atoms with Gasteiger partial charge in [-0.15, -0.1) is 5.10 Å². The van der Waals surface area contributed by atoms with Crippen molar-refractivity contribution in [3.63, 3.8) is 0 Å². The Morgan fingerprint density at radius 1 is 1.46 bits per heavy atom. The fourth-order valence-electron chi connectivity index (χ4n) is 0.929. The summed E-state index contributed by atoms with van der Waals surface area (Å²) < 4.78 is 25.0. The van der Waals surface area contributed by atoms with Crippen molar-refractivity contribution in [1.29, 1.82) is 0 Å². The zero-order valence-electron chi connectivity index (χ0n) is 7.16. The maximum Gasteiger partial charge on any atom is 0.250 e. The van der Waals surface area contributed by atoms with E-state index in [2.05, 4.69) is 15.6 Å². The summed E-state index contributed by atoms with van der Waals surface area (Å²) in [4.78, 5) is 0. The minimum Gasteiger partial charge on any atom is -0.311 e. The molecule has 0 bridgehead atoms. The Labute approximate surface area is 74.9 Å². The van der Waals surface area contributed by atoms with E-state index in [1.54, 1.807) is 17.1 Å². The third-order valence-electron chi connectivity index (χ3n) is 1.51. The molecular weight excluding hydrogens is 178 g/mol. The van der Waals surface area contributed by atoms with Crippen molar-refractivity contribution in [2.45, 2.75) is 19.4 Å². The first-order valence-electron chi connectivity index (χ1n) is 4.12. The Kier molecular flexibility index (Phi) is 4.31. The van der Waals surface area contributed by atoms with Gasteiger partial charge in [-0.1, -0.05) is 5.21 Å². The highest BCUT2D eigenvalue weighted by atomic mass is 19.3. The third-order valence-corrected chi connectivity index (χ3v) is 1.51. The third kappa shape index (κ3) is 4.51. The Hall–Kier alpha value is -1.04. The molecule has 13 heavy (non-hydrogen) atoms. The largest absolute Gasteiger partial charge is 0.311 e. The molecule has 74 valence electrons. The highest BCUT2D eigenvalue weighted by molar-refractivity contribution is 4.63. The van der Waals surface area contributed by atoms with Gasteiger partial charge in [-0.2, -0.15) is 0 Å². The lowest BCUT2D eigenvalue weighted by molar-refractivity contribution is 0.146. The predicted molar refractivity (Wildman–Crippen MR) is 43.5 cm³/mol. The van der Waals surface area contributed by atoms with E-state index in [1.165, 1.54) is 0 Å². The number of hydrogen-bond donors (Lipinski definition) is 1. The van der Waals surface area contributed by atoms with Gasteiger partial charge in [0, 0.05) is 12.7 Å². The van der Waals surface area contributed by atoms with Crippen molar-refractivity contribution < 1.29 is 8.78 Å². The average molecular weight is 190 g/mol. The summed E-state index contributed by atoms with van der Waals surface area (Å²) in [5, 5.41) is 10.00. The minimum atomic E-state index is -2.27. The second-order valence-electron chi connectivity index (χ2n) is 2.61. The molecule has 0 aromatic carbocycles. The van der Waals surface area contributed by atoms with Crippen LogP contribution in [0.25, 0.3) is 0 Å². The van der Waals surface area contributed by atoms with Crippen molar-refractivity contribution >= 4 is 0 Å². The quantitative estimate of drug-likeness (QED) is 0.665. The van der Waals surface area contributed by atoms with E-state index in [9.17, 15) is 8.78 Å². The highest BCUT2D eigenvalue weighted by Gasteiger charge is 1.99. The molecule has 1 rings (SSSR count). The zero-order valence-corrected chi connectivity index (χ0v) is 7.16. The summed E-state index contributed by atoms with van der Waals surface area (Å²) >= 11 is 0. The van der Waals surface area contributed by atoms with Crippen LogP contribution in [0.1, 0.15) is 6.42 Å². The molecule has 1 heterocycles. The van der Waals surface area contributed by atoms with E-state index in [1.807, 2.05) is 0 Å². The molecule has 0 spiro atoms. The number of aromatic nitrogens is 3. The molecule has 0 fully saturated rings. The molecule has 0 aliphatic carbocycles. The lowest BCUT2D eigenvalue weighted by Gasteiger charge is -2.03. The smallest absolute Gasteiger partial charge is 0.250 e. The zero-order chi connectivity index (χ0) is 9.52. The van der Waals surface area contributed by atoms with Crippen molar-refractivity contribution in [2.24, 2.45) is 0 Å². The molecule has 1 aromatic rings. The van der Waals surface area contributed by atoms with Crippen LogP contribution in [-0.4, -0.2) is 34.5 Å². The van der Waals surface area contributed by atoms with Gasteiger partial charge in [0.05, 0.1) is 12.7 Å². The van der Waals surface area contributed by atoms with Crippen LogP contribution in [0.4, 0.5) is 8.78 Å². The number of alkyl halides is 2. The molecule has 0 radical (unpaired) electrons. The second kappa shape index (κ2) is 5.58. The van der Waals surface area contributed by atoms with Gasteiger partial charge < -0.3 is 5.32 Å². The van der Waals surface area contributed by atoms with Crippen LogP contribution < -0.4 is 5.32 Å². The standard InChI is InChI=1S/C7H12F2N4/c8-7(9)6-10-2-1-4-13-5-3-11-12-13/h3,5,7,10H,1-2,4,6H2. The summed E-state index contributed by atoms with van der Waals surface area (Å²) in [5.74, 6) is 0. The summed E-state index contributed by atoms with van der Waals surface area (Å²) in [7, 11) is 0. The monoisotopic (exact) mass is 190 g/mol. The summed E-state index contributed by atoms with van der Waals surface area (Å²) in [5.41, 5.74) is 0. The van der Waals surface area contributed by atoms with Crippen molar-refractivity contribution in [1.82, 2.24) is 20.3 Å². The molecule has 0 unspecified atom stereocenters. The minimum absolute atomic E-state index is 0.239. The maximum absolute atomic E-state index is 11.6. The van der Waals surface area contributed by atoms with Crippen LogP contribution >= 0.6 is 0 Å². The number of nitrogens with one attached hydrogen (secondary N) is 1. The summed E-state index contributed by atoms with van der Waals surface area (Å²) in [6.45, 7) is 1.04. The van der Waals surface area contributed by atoms with Crippen LogP contribution in [-0.2, 0) is 6.54 Å². The lowest BCUT2D eigenvalue weighted by atomic mass is 10.4. The van der Waals surface area contributed by atoms with Gasteiger partial charge in [0.25, 0.3) is 6.43 Å².